The van der Waals surface area contributed by atoms with E-state index in [9.17, 15) is 26.3 Å². The lowest BCUT2D eigenvalue weighted by atomic mass is 10.2. The Bertz CT molecular complexity index is 476. The van der Waals surface area contributed by atoms with Crippen molar-refractivity contribution in [2.24, 2.45) is 5.84 Å². The highest BCUT2D eigenvalue weighted by atomic mass is 19.4. The molecule has 21 heavy (non-hydrogen) atoms. The van der Waals surface area contributed by atoms with Crippen molar-refractivity contribution >= 4 is 11.6 Å². The van der Waals surface area contributed by atoms with Crippen molar-refractivity contribution in [1.82, 2.24) is 4.98 Å². The number of nitrogen functional groups attached to an aromatic ring is 1. The maximum Gasteiger partial charge on any atom is 0.416 e. The lowest BCUT2D eigenvalue weighted by Gasteiger charge is -2.25. The zero-order valence-corrected chi connectivity index (χ0v) is 10.5. The zero-order valence-electron chi connectivity index (χ0n) is 10.5. The van der Waals surface area contributed by atoms with Gasteiger partial charge in [-0.25, -0.2) is 10.8 Å². The highest BCUT2D eigenvalue weighted by Crippen LogP contribution is 2.33. The predicted molar refractivity (Wildman–Crippen MR) is 62.4 cm³/mol. The summed E-state index contributed by atoms with van der Waals surface area (Å²) in [6, 6.07) is 1.02. The Morgan fingerprint density at radius 3 is 2.24 bits per heavy atom. The highest BCUT2D eigenvalue weighted by molar-refractivity contribution is 5.51. The number of rotatable bonds is 5. The summed E-state index contributed by atoms with van der Waals surface area (Å²) in [5, 5.41) is 8.75. The first-order valence-corrected chi connectivity index (χ1v) is 5.55. The molecule has 0 fully saturated rings. The molecule has 0 bridgehead atoms. The van der Waals surface area contributed by atoms with Crippen LogP contribution in [0, 0.1) is 0 Å². The van der Waals surface area contributed by atoms with Crippen LogP contribution < -0.4 is 16.2 Å². The number of hydrazine groups is 1. The lowest BCUT2D eigenvalue weighted by Crippen LogP contribution is -2.37. The molecule has 0 atom stereocenters. The molecular weight excluding hydrogens is 306 g/mol. The molecule has 4 N–H and O–H groups in total. The van der Waals surface area contributed by atoms with Crippen molar-refractivity contribution in [3.63, 3.8) is 0 Å². The van der Waals surface area contributed by atoms with Crippen molar-refractivity contribution in [3.8, 4) is 0 Å². The Morgan fingerprint density at radius 2 is 1.81 bits per heavy atom. The zero-order chi connectivity index (χ0) is 16.3. The fourth-order valence-corrected chi connectivity index (χ4v) is 1.53. The third-order valence-corrected chi connectivity index (χ3v) is 2.35. The topological polar surface area (TPSA) is 74.4 Å². The number of aliphatic hydroxyl groups excluding tert-OH is 1. The number of pyridine rings is 1. The molecule has 0 saturated heterocycles. The van der Waals surface area contributed by atoms with E-state index in [-0.39, 0.29) is 0 Å². The summed E-state index contributed by atoms with van der Waals surface area (Å²) >= 11 is 0. The summed E-state index contributed by atoms with van der Waals surface area (Å²) in [7, 11) is 0. The third kappa shape index (κ3) is 5.27. The van der Waals surface area contributed by atoms with Gasteiger partial charge in [0.25, 0.3) is 0 Å². The average molecular weight is 318 g/mol. The number of alkyl halides is 6. The van der Waals surface area contributed by atoms with E-state index in [1.54, 1.807) is 0 Å². The molecule has 1 heterocycles. The van der Waals surface area contributed by atoms with E-state index in [1.807, 2.05) is 5.43 Å². The first kappa shape index (κ1) is 17.3. The maximum absolute atomic E-state index is 12.7. The van der Waals surface area contributed by atoms with Crippen LogP contribution in [0.15, 0.2) is 12.1 Å². The molecule has 0 aliphatic carbocycles. The summed E-state index contributed by atoms with van der Waals surface area (Å²) in [5.41, 5.74) is 0.655. The van der Waals surface area contributed by atoms with Crippen LogP contribution in [-0.4, -0.2) is 36.0 Å². The van der Waals surface area contributed by atoms with Crippen LogP contribution >= 0.6 is 0 Å². The first-order valence-electron chi connectivity index (χ1n) is 5.55. The molecule has 1 aromatic heterocycles. The van der Waals surface area contributed by atoms with E-state index in [2.05, 4.69) is 4.98 Å². The second-order valence-corrected chi connectivity index (χ2v) is 4.00. The molecule has 0 aliphatic rings. The third-order valence-electron chi connectivity index (χ3n) is 2.35. The summed E-state index contributed by atoms with van der Waals surface area (Å²) in [6.45, 7) is -2.76. The SMILES string of the molecule is NNc1cc(C(F)(F)F)cc(N(CCO)CC(F)(F)F)n1. The number of nitrogens with two attached hydrogens (primary N) is 1. The normalized spacial score (nSPS) is 12.4. The molecular formula is C10H12F6N4O. The molecule has 11 heteroatoms. The largest absolute Gasteiger partial charge is 0.416 e. The smallest absolute Gasteiger partial charge is 0.395 e. The second-order valence-electron chi connectivity index (χ2n) is 4.00. The van der Waals surface area contributed by atoms with Crippen LogP contribution in [0.2, 0.25) is 0 Å². The van der Waals surface area contributed by atoms with Crippen LogP contribution in [0.4, 0.5) is 38.0 Å². The van der Waals surface area contributed by atoms with Gasteiger partial charge in [-0.3, -0.25) is 0 Å². The molecule has 0 radical (unpaired) electrons. The Kier molecular flexibility index (Phi) is 5.23. The van der Waals surface area contributed by atoms with Crippen molar-refractivity contribution in [3.05, 3.63) is 17.7 Å². The summed E-state index contributed by atoms with van der Waals surface area (Å²) < 4.78 is 75.3. The number of halogens is 6. The molecule has 0 spiro atoms. The minimum atomic E-state index is -4.77. The number of aliphatic hydroxyl groups is 1. The van der Waals surface area contributed by atoms with E-state index in [0.29, 0.717) is 17.0 Å². The Hall–Kier alpha value is -1.75. The maximum atomic E-state index is 12.7. The lowest BCUT2D eigenvalue weighted by molar-refractivity contribution is -0.137. The van der Waals surface area contributed by atoms with Gasteiger partial charge in [0.2, 0.25) is 0 Å². The van der Waals surface area contributed by atoms with E-state index in [1.165, 1.54) is 0 Å². The molecule has 0 aliphatic heterocycles. The number of anilines is 2. The van der Waals surface area contributed by atoms with Gasteiger partial charge in [0, 0.05) is 6.54 Å². The van der Waals surface area contributed by atoms with Crippen LogP contribution in [0.3, 0.4) is 0 Å². The van der Waals surface area contributed by atoms with E-state index in [0.717, 1.165) is 0 Å². The Morgan fingerprint density at radius 1 is 1.19 bits per heavy atom. The standard InChI is InChI=1S/C10H12F6N4O/c11-9(12,13)5-20(1-2-21)8-4-6(10(14,15)16)3-7(18-8)19-17/h3-4,21H,1-2,5,17H2,(H,18,19). The Balaban J connectivity index is 3.23. The summed E-state index contributed by atoms with van der Waals surface area (Å²) in [5.74, 6) is 3.93. The van der Waals surface area contributed by atoms with Gasteiger partial charge in [-0.15, -0.1) is 0 Å². The van der Waals surface area contributed by atoms with Crippen molar-refractivity contribution < 1.29 is 31.4 Å². The predicted octanol–water partition coefficient (Wildman–Crippen LogP) is 1.75. The van der Waals surface area contributed by atoms with Crippen LogP contribution in [0.1, 0.15) is 5.56 Å². The van der Waals surface area contributed by atoms with Crippen LogP contribution in [0.5, 0.6) is 0 Å². The molecule has 5 nitrogen and oxygen atoms in total. The summed E-state index contributed by atoms with van der Waals surface area (Å²) in [4.78, 5) is 4.03. The molecule has 0 aromatic carbocycles. The minimum Gasteiger partial charge on any atom is -0.395 e. The van der Waals surface area contributed by atoms with Crippen LogP contribution in [-0.2, 0) is 6.18 Å². The average Bonchev–Trinajstić information content (AvgIpc) is 2.35. The molecule has 0 unspecified atom stereocenters. The monoisotopic (exact) mass is 318 g/mol. The van der Waals surface area contributed by atoms with Gasteiger partial charge < -0.3 is 15.4 Å². The van der Waals surface area contributed by atoms with Gasteiger partial charge >= 0.3 is 12.4 Å². The first-order chi connectivity index (χ1) is 9.56. The number of hydrogen-bond donors (Lipinski definition) is 3. The molecule has 0 amide bonds. The van der Waals surface area contributed by atoms with Gasteiger partial charge in [-0.1, -0.05) is 0 Å². The van der Waals surface area contributed by atoms with E-state index >= 15 is 0 Å². The highest BCUT2D eigenvalue weighted by Gasteiger charge is 2.34. The van der Waals surface area contributed by atoms with Gasteiger partial charge in [0.15, 0.2) is 0 Å². The van der Waals surface area contributed by atoms with E-state index in [4.69, 9.17) is 10.9 Å². The number of nitrogens with zero attached hydrogens (tertiary/aromatic N) is 2. The van der Waals surface area contributed by atoms with Crippen molar-refractivity contribution in [2.75, 3.05) is 30.0 Å². The van der Waals surface area contributed by atoms with Crippen molar-refractivity contribution in [2.45, 2.75) is 12.4 Å². The Labute approximate surface area is 115 Å². The van der Waals surface area contributed by atoms with Gasteiger partial charge in [0.1, 0.15) is 18.2 Å². The number of aromatic nitrogens is 1. The number of nitrogens with one attached hydrogen (secondary N) is 1. The fraction of sp³-hybridized carbons (Fsp3) is 0.500. The van der Waals surface area contributed by atoms with Gasteiger partial charge in [-0.2, -0.15) is 26.3 Å². The van der Waals surface area contributed by atoms with Gasteiger partial charge in [0.05, 0.1) is 12.2 Å². The fourth-order valence-electron chi connectivity index (χ4n) is 1.53. The molecule has 1 rings (SSSR count). The molecule has 1 aromatic rings. The molecule has 0 saturated carbocycles. The quantitative estimate of drug-likeness (QED) is 0.438. The summed E-state index contributed by atoms with van der Waals surface area (Å²) in [6.07, 6.45) is -9.44. The molecule has 120 valence electrons. The van der Waals surface area contributed by atoms with Crippen LogP contribution in [0.25, 0.3) is 0 Å². The second kappa shape index (κ2) is 6.35. The van der Waals surface area contributed by atoms with E-state index < -0.39 is 49.2 Å². The van der Waals surface area contributed by atoms with Gasteiger partial charge in [-0.05, 0) is 12.1 Å². The number of hydrogen-bond acceptors (Lipinski definition) is 5. The minimum absolute atomic E-state index is 0.440. The van der Waals surface area contributed by atoms with Crippen molar-refractivity contribution in [1.29, 1.82) is 0 Å².